The van der Waals surface area contributed by atoms with E-state index in [9.17, 15) is 23.2 Å². The van der Waals surface area contributed by atoms with Gasteiger partial charge in [0.2, 0.25) is 0 Å². The molecule has 0 saturated heterocycles. The van der Waals surface area contributed by atoms with Crippen LogP contribution in [0.15, 0.2) is 24.3 Å². The molecule has 24 heavy (non-hydrogen) atoms. The zero-order valence-corrected chi connectivity index (χ0v) is 14.1. The van der Waals surface area contributed by atoms with Gasteiger partial charge in [-0.2, -0.15) is 18.4 Å². The minimum absolute atomic E-state index is 0.0703. The molecule has 0 unspecified atom stereocenters. The van der Waals surface area contributed by atoms with Crippen LogP contribution in [0.4, 0.5) is 13.2 Å². The lowest BCUT2D eigenvalue weighted by Gasteiger charge is -2.25. The Morgan fingerprint density at radius 3 is 2.17 bits per heavy atom. The normalized spacial score (nSPS) is 26.6. The van der Waals surface area contributed by atoms with Crippen molar-refractivity contribution in [2.24, 2.45) is 5.41 Å². The summed E-state index contributed by atoms with van der Waals surface area (Å²) < 4.78 is 46.3. The molecule has 1 aliphatic rings. The lowest BCUT2D eigenvalue weighted by atomic mass is 9.82. The highest BCUT2D eigenvalue weighted by atomic mass is 19.4. The van der Waals surface area contributed by atoms with Crippen molar-refractivity contribution in [3.63, 3.8) is 0 Å². The van der Waals surface area contributed by atoms with E-state index in [2.05, 4.69) is 0 Å². The quantitative estimate of drug-likeness (QED) is 0.773. The van der Waals surface area contributed by atoms with E-state index >= 15 is 0 Å². The first-order valence-corrected chi connectivity index (χ1v) is 7.72. The van der Waals surface area contributed by atoms with E-state index < -0.39 is 29.4 Å². The van der Waals surface area contributed by atoms with Gasteiger partial charge in [-0.25, -0.2) is 0 Å². The van der Waals surface area contributed by atoms with Gasteiger partial charge >= 0.3 is 12.1 Å². The lowest BCUT2D eigenvalue weighted by molar-refractivity contribution is -0.177. The van der Waals surface area contributed by atoms with Gasteiger partial charge in [0, 0.05) is 0 Å². The molecule has 0 radical (unpaired) electrons. The van der Waals surface area contributed by atoms with Gasteiger partial charge in [0.05, 0.1) is 12.7 Å². The van der Waals surface area contributed by atoms with E-state index in [0.29, 0.717) is 0 Å². The van der Waals surface area contributed by atoms with Gasteiger partial charge in [-0.15, -0.1) is 0 Å². The molecule has 0 heterocycles. The average Bonchev–Trinajstić information content (AvgIpc) is 3.19. The van der Waals surface area contributed by atoms with Crippen LogP contribution in [0.3, 0.4) is 0 Å². The molecule has 0 aromatic heterocycles. The van der Waals surface area contributed by atoms with Crippen LogP contribution in [-0.4, -0.2) is 18.8 Å². The van der Waals surface area contributed by atoms with E-state index in [1.165, 1.54) is 19.1 Å². The second-order valence-corrected chi connectivity index (χ2v) is 7.14. The number of alkyl halides is 3. The van der Waals surface area contributed by atoms with Crippen LogP contribution in [0.5, 0.6) is 0 Å². The summed E-state index contributed by atoms with van der Waals surface area (Å²) >= 11 is 0. The molecule has 1 aromatic rings. The Labute approximate surface area is 139 Å². The number of rotatable bonds is 3. The van der Waals surface area contributed by atoms with E-state index in [4.69, 9.17) is 4.74 Å². The van der Waals surface area contributed by atoms with Crippen molar-refractivity contribution >= 4 is 5.97 Å². The van der Waals surface area contributed by atoms with Crippen LogP contribution >= 0.6 is 0 Å². The second kappa shape index (κ2) is 5.51. The van der Waals surface area contributed by atoms with Crippen molar-refractivity contribution in [1.82, 2.24) is 0 Å². The first-order valence-electron chi connectivity index (χ1n) is 7.72. The van der Waals surface area contributed by atoms with Crippen molar-refractivity contribution in [2.75, 3.05) is 6.61 Å². The predicted molar refractivity (Wildman–Crippen MR) is 82.2 cm³/mol. The number of hydrogen-bond acceptors (Lipinski definition) is 3. The number of halogens is 3. The average molecular weight is 339 g/mol. The maximum Gasteiger partial charge on any atom is 0.400 e. The van der Waals surface area contributed by atoms with Gasteiger partial charge in [0.15, 0.2) is 5.41 Å². The van der Waals surface area contributed by atoms with E-state index in [0.717, 1.165) is 5.56 Å². The third-order valence-corrected chi connectivity index (χ3v) is 4.68. The first-order chi connectivity index (χ1) is 11.0. The molecular weight excluding hydrogens is 319 g/mol. The molecule has 3 nitrogen and oxygen atoms in total. The van der Waals surface area contributed by atoms with Gasteiger partial charge in [0.25, 0.3) is 0 Å². The summed E-state index contributed by atoms with van der Waals surface area (Å²) in [5, 5.41) is 9.35. The fourth-order valence-electron chi connectivity index (χ4n) is 3.14. The van der Waals surface area contributed by atoms with E-state index in [1.54, 1.807) is 18.2 Å². The highest BCUT2D eigenvalue weighted by Gasteiger charge is 2.85. The van der Waals surface area contributed by atoms with E-state index in [-0.39, 0.29) is 17.6 Å². The number of carbonyl (C=O) groups is 1. The number of esters is 1. The maximum atomic E-state index is 13.8. The molecule has 0 bridgehead atoms. The number of carbonyl (C=O) groups excluding carboxylic acids is 1. The van der Waals surface area contributed by atoms with Crippen LogP contribution in [0.25, 0.3) is 0 Å². The monoisotopic (exact) mass is 339 g/mol. The van der Waals surface area contributed by atoms with Crippen LogP contribution in [-0.2, 0) is 20.4 Å². The molecule has 2 atom stereocenters. The Bertz CT molecular complexity index is 682. The summed E-state index contributed by atoms with van der Waals surface area (Å²) in [6, 6.07) is 7.56. The van der Waals surface area contributed by atoms with Crippen molar-refractivity contribution in [3.05, 3.63) is 35.4 Å². The van der Waals surface area contributed by atoms with Crippen molar-refractivity contribution < 1.29 is 22.7 Å². The first kappa shape index (κ1) is 18.3. The molecule has 1 saturated carbocycles. The summed E-state index contributed by atoms with van der Waals surface area (Å²) in [6.07, 6.45) is -5.33. The SMILES string of the molecule is CCOC(=O)[C@]1(C#N)C[C@]1(c1ccc(C(C)(C)C)cc1)C(F)(F)F. The molecule has 1 aromatic carbocycles. The van der Waals surface area contributed by atoms with Crippen molar-refractivity contribution in [2.45, 2.75) is 51.1 Å². The molecule has 2 rings (SSSR count). The highest BCUT2D eigenvalue weighted by Crippen LogP contribution is 2.71. The van der Waals surface area contributed by atoms with E-state index in [1.807, 2.05) is 20.8 Å². The van der Waals surface area contributed by atoms with Crippen LogP contribution in [0, 0.1) is 16.7 Å². The van der Waals surface area contributed by atoms with Crippen LogP contribution in [0.2, 0.25) is 0 Å². The largest absolute Gasteiger partial charge is 0.465 e. The summed E-state index contributed by atoms with van der Waals surface area (Å²) in [5.74, 6) is -1.11. The van der Waals surface area contributed by atoms with Crippen LogP contribution < -0.4 is 0 Å². The van der Waals surface area contributed by atoms with Gasteiger partial charge < -0.3 is 4.74 Å². The highest BCUT2D eigenvalue weighted by molar-refractivity contribution is 5.88. The minimum atomic E-state index is -4.72. The molecule has 1 aliphatic carbocycles. The molecule has 130 valence electrons. The molecule has 1 fully saturated rings. The number of benzene rings is 1. The minimum Gasteiger partial charge on any atom is -0.465 e. The van der Waals surface area contributed by atoms with Gasteiger partial charge in [-0.1, -0.05) is 45.0 Å². The zero-order chi connectivity index (χ0) is 18.4. The predicted octanol–water partition coefficient (Wildman–Crippen LogP) is 4.26. The Balaban J connectivity index is 2.54. The Morgan fingerprint density at radius 2 is 1.79 bits per heavy atom. The van der Waals surface area contributed by atoms with Gasteiger partial charge in [0.1, 0.15) is 5.41 Å². The standard InChI is InChI=1S/C18H20F3NO2/c1-5-24-14(23)16(11-22)10-17(16,18(19,20)21)13-8-6-12(7-9-13)15(2,3)4/h6-9H,5,10H2,1-4H3/t16-,17-/m1/s1. The third kappa shape index (κ3) is 2.47. The third-order valence-electron chi connectivity index (χ3n) is 4.68. The summed E-state index contributed by atoms with van der Waals surface area (Å²) in [4.78, 5) is 12.1. The number of nitriles is 1. The summed E-state index contributed by atoms with van der Waals surface area (Å²) in [5.41, 5.74) is -4.11. The zero-order valence-electron chi connectivity index (χ0n) is 14.1. The number of ether oxygens (including phenoxy) is 1. The number of nitrogens with zero attached hydrogens (tertiary/aromatic N) is 1. The second-order valence-electron chi connectivity index (χ2n) is 7.14. The maximum absolute atomic E-state index is 13.8. The molecule has 6 heteroatoms. The van der Waals surface area contributed by atoms with Crippen LogP contribution in [0.1, 0.15) is 45.2 Å². The molecule has 0 aliphatic heterocycles. The van der Waals surface area contributed by atoms with Crippen molar-refractivity contribution in [1.29, 1.82) is 5.26 Å². The Morgan fingerprint density at radius 1 is 1.25 bits per heavy atom. The smallest absolute Gasteiger partial charge is 0.400 e. The topological polar surface area (TPSA) is 50.1 Å². The molecule has 0 spiro atoms. The summed E-state index contributed by atoms with van der Waals surface area (Å²) in [6.45, 7) is 7.29. The van der Waals surface area contributed by atoms with Crippen molar-refractivity contribution in [3.8, 4) is 6.07 Å². The lowest BCUT2D eigenvalue weighted by Crippen LogP contribution is -2.38. The molecular formula is C18H20F3NO2. The van der Waals surface area contributed by atoms with Gasteiger partial charge in [-0.3, -0.25) is 4.79 Å². The Hall–Kier alpha value is -2.03. The molecule has 0 N–H and O–H groups in total. The number of hydrogen-bond donors (Lipinski definition) is 0. The fourth-order valence-corrected chi connectivity index (χ4v) is 3.14. The fraction of sp³-hybridized carbons (Fsp3) is 0.556. The molecule has 0 amide bonds. The summed E-state index contributed by atoms with van der Waals surface area (Å²) in [7, 11) is 0. The van der Waals surface area contributed by atoms with Gasteiger partial charge in [-0.05, 0) is 29.9 Å². The Kier molecular flexibility index (Phi) is 4.20.